The zero-order valence-corrected chi connectivity index (χ0v) is 16.9. The molecule has 2 aromatic rings. The number of carbonyl (C=O) groups is 2. The second-order valence-electron chi connectivity index (χ2n) is 7.33. The molecule has 28 heavy (non-hydrogen) atoms. The van der Waals surface area contributed by atoms with E-state index in [1.165, 1.54) is 4.90 Å². The van der Waals surface area contributed by atoms with Gasteiger partial charge in [-0.05, 0) is 49.2 Å². The predicted octanol–water partition coefficient (Wildman–Crippen LogP) is 2.75. The van der Waals surface area contributed by atoms with Crippen molar-refractivity contribution in [2.75, 3.05) is 50.5 Å². The van der Waals surface area contributed by atoms with Gasteiger partial charge in [-0.15, -0.1) is 0 Å². The Bertz CT molecular complexity index is 856. The van der Waals surface area contributed by atoms with Crippen LogP contribution in [0.3, 0.4) is 0 Å². The molecular formula is C21H27N5O2. The van der Waals surface area contributed by atoms with Crippen LogP contribution in [0.25, 0.3) is 0 Å². The second kappa shape index (κ2) is 8.29. The van der Waals surface area contributed by atoms with Crippen molar-refractivity contribution in [3.05, 3.63) is 53.2 Å². The van der Waals surface area contributed by atoms with E-state index in [0.717, 1.165) is 30.0 Å². The van der Waals surface area contributed by atoms with Gasteiger partial charge in [0.1, 0.15) is 5.82 Å². The first-order valence-corrected chi connectivity index (χ1v) is 9.41. The van der Waals surface area contributed by atoms with Gasteiger partial charge >= 0.3 is 6.03 Å². The first-order chi connectivity index (χ1) is 13.3. The first-order valence-electron chi connectivity index (χ1n) is 9.41. The quantitative estimate of drug-likeness (QED) is 0.888. The molecule has 1 aromatic heterocycles. The molecule has 0 unspecified atom stereocenters. The molecule has 7 nitrogen and oxygen atoms in total. The van der Waals surface area contributed by atoms with Crippen LogP contribution < -0.4 is 10.2 Å². The smallest absolute Gasteiger partial charge is 0.321 e. The molecule has 1 fully saturated rings. The third-order valence-corrected chi connectivity index (χ3v) is 4.84. The lowest BCUT2D eigenvalue weighted by molar-refractivity contribution is 0.0746. The van der Waals surface area contributed by atoms with E-state index in [2.05, 4.69) is 28.2 Å². The van der Waals surface area contributed by atoms with Crippen molar-refractivity contribution in [3.8, 4) is 0 Å². The number of pyridine rings is 1. The maximum atomic E-state index is 12.8. The Labute approximate surface area is 166 Å². The van der Waals surface area contributed by atoms with Gasteiger partial charge in [0.2, 0.25) is 0 Å². The number of rotatable bonds is 3. The second-order valence-corrected chi connectivity index (χ2v) is 7.33. The summed E-state index contributed by atoms with van der Waals surface area (Å²) in [6, 6.07) is 8.96. The highest BCUT2D eigenvalue weighted by Crippen LogP contribution is 2.20. The zero-order chi connectivity index (χ0) is 20.3. The van der Waals surface area contributed by atoms with Crippen LogP contribution in [-0.2, 0) is 0 Å². The molecule has 2 heterocycles. The Morgan fingerprint density at radius 1 is 1.04 bits per heavy atom. The van der Waals surface area contributed by atoms with Crippen molar-refractivity contribution in [1.82, 2.24) is 14.8 Å². The maximum absolute atomic E-state index is 12.8. The number of hydrogen-bond donors (Lipinski definition) is 1. The van der Waals surface area contributed by atoms with E-state index in [1.807, 2.05) is 18.0 Å². The van der Waals surface area contributed by atoms with Crippen molar-refractivity contribution in [2.24, 2.45) is 0 Å². The highest BCUT2D eigenvalue weighted by atomic mass is 16.2. The number of carbonyl (C=O) groups excluding carboxylic acids is 2. The monoisotopic (exact) mass is 381 g/mol. The number of benzene rings is 1. The summed E-state index contributed by atoms with van der Waals surface area (Å²) < 4.78 is 0. The molecule has 1 aliphatic heterocycles. The molecule has 7 heteroatoms. The maximum Gasteiger partial charge on any atom is 0.321 e. The van der Waals surface area contributed by atoms with Gasteiger partial charge in [-0.1, -0.05) is 6.07 Å². The molecule has 1 N–H and O–H groups in total. The number of nitrogens with one attached hydrogen (secondary N) is 1. The lowest BCUT2D eigenvalue weighted by Gasteiger charge is -2.36. The molecule has 1 aliphatic rings. The highest BCUT2D eigenvalue weighted by molar-refractivity contribution is 5.95. The van der Waals surface area contributed by atoms with E-state index in [4.69, 9.17) is 0 Å². The Morgan fingerprint density at radius 2 is 1.68 bits per heavy atom. The summed E-state index contributed by atoms with van der Waals surface area (Å²) in [5.74, 6) is 1.01. The van der Waals surface area contributed by atoms with Crippen LogP contribution in [0.1, 0.15) is 21.5 Å². The Morgan fingerprint density at radius 3 is 2.25 bits per heavy atom. The van der Waals surface area contributed by atoms with E-state index in [0.29, 0.717) is 24.3 Å². The topological polar surface area (TPSA) is 68.8 Å². The van der Waals surface area contributed by atoms with Crippen LogP contribution in [-0.4, -0.2) is 67.0 Å². The van der Waals surface area contributed by atoms with E-state index in [-0.39, 0.29) is 11.9 Å². The van der Waals surface area contributed by atoms with Crippen LogP contribution in [0.5, 0.6) is 0 Å². The van der Waals surface area contributed by atoms with Crippen LogP contribution in [0.4, 0.5) is 16.3 Å². The van der Waals surface area contributed by atoms with Crippen molar-refractivity contribution < 1.29 is 9.59 Å². The van der Waals surface area contributed by atoms with Crippen LogP contribution >= 0.6 is 0 Å². The summed E-state index contributed by atoms with van der Waals surface area (Å²) in [5, 5.41) is 2.77. The molecule has 3 rings (SSSR count). The normalized spacial score (nSPS) is 14.0. The predicted molar refractivity (Wildman–Crippen MR) is 111 cm³/mol. The van der Waals surface area contributed by atoms with Crippen LogP contribution in [0, 0.1) is 13.8 Å². The average Bonchev–Trinajstić information content (AvgIpc) is 2.68. The summed E-state index contributed by atoms with van der Waals surface area (Å²) in [6.45, 7) is 6.96. The fourth-order valence-electron chi connectivity index (χ4n) is 3.27. The van der Waals surface area contributed by atoms with E-state index in [9.17, 15) is 9.59 Å². The fourth-order valence-corrected chi connectivity index (χ4v) is 3.27. The number of nitrogens with zero attached hydrogens (tertiary/aromatic N) is 4. The van der Waals surface area contributed by atoms with Crippen LogP contribution in [0.2, 0.25) is 0 Å². The number of hydrogen-bond acceptors (Lipinski definition) is 4. The van der Waals surface area contributed by atoms with Crippen molar-refractivity contribution >= 4 is 23.4 Å². The Kier molecular flexibility index (Phi) is 5.82. The van der Waals surface area contributed by atoms with Crippen molar-refractivity contribution in [3.63, 3.8) is 0 Å². The number of amides is 3. The molecule has 0 bridgehead atoms. The third-order valence-electron chi connectivity index (χ3n) is 4.84. The molecule has 0 aliphatic carbocycles. The number of anilines is 2. The number of aromatic nitrogens is 1. The van der Waals surface area contributed by atoms with Crippen molar-refractivity contribution in [1.29, 1.82) is 0 Å². The molecule has 0 saturated carbocycles. The minimum absolute atomic E-state index is 0.0127. The molecule has 3 amide bonds. The summed E-state index contributed by atoms with van der Waals surface area (Å²) in [6.07, 6.45) is 1.89. The number of aryl methyl sites for hydroxylation is 2. The number of urea groups is 1. The van der Waals surface area contributed by atoms with Gasteiger partial charge in [-0.2, -0.15) is 0 Å². The molecular weight excluding hydrogens is 354 g/mol. The van der Waals surface area contributed by atoms with Gasteiger partial charge in [-0.25, -0.2) is 9.78 Å². The van der Waals surface area contributed by atoms with Crippen molar-refractivity contribution in [2.45, 2.75) is 13.8 Å². The molecule has 0 atom stereocenters. The molecule has 1 saturated heterocycles. The van der Waals surface area contributed by atoms with Crippen LogP contribution in [0.15, 0.2) is 36.5 Å². The SMILES string of the molecule is Cc1cnc(N2CCN(C(=O)c3ccc(NC(=O)N(C)C)cc3)CC2)c(C)c1. The zero-order valence-electron chi connectivity index (χ0n) is 16.9. The lowest BCUT2D eigenvalue weighted by Crippen LogP contribution is -2.49. The minimum atomic E-state index is -0.199. The van der Waals surface area contributed by atoms with Gasteiger partial charge < -0.3 is 20.0 Å². The van der Waals surface area contributed by atoms with Gasteiger partial charge in [0, 0.05) is 57.7 Å². The molecule has 0 spiro atoms. The first kappa shape index (κ1) is 19.7. The van der Waals surface area contributed by atoms with Gasteiger partial charge in [0.15, 0.2) is 0 Å². The van der Waals surface area contributed by atoms with Gasteiger partial charge in [0.05, 0.1) is 0 Å². The van der Waals surface area contributed by atoms with Gasteiger partial charge in [0.25, 0.3) is 5.91 Å². The van der Waals surface area contributed by atoms with Gasteiger partial charge in [-0.3, -0.25) is 4.79 Å². The van der Waals surface area contributed by atoms with E-state index >= 15 is 0 Å². The summed E-state index contributed by atoms with van der Waals surface area (Å²) in [4.78, 5) is 34.6. The Hall–Kier alpha value is -3.09. The summed E-state index contributed by atoms with van der Waals surface area (Å²) >= 11 is 0. The standard InChI is InChI=1S/C21H27N5O2/c1-15-13-16(2)19(22-14-15)25-9-11-26(12-10-25)20(27)17-5-7-18(8-6-17)23-21(28)24(3)4/h5-8,13-14H,9-12H2,1-4H3,(H,23,28). The van der Waals surface area contributed by atoms with E-state index in [1.54, 1.807) is 38.4 Å². The summed E-state index contributed by atoms with van der Waals surface area (Å²) in [7, 11) is 3.36. The third kappa shape index (κ3) is 4.42. The minimum Gasteiger partial charge on any atom is -0.353 e. The fraction of sp³-hybridized carbons (Fsp3) is 0.381. The Balaban J connectivity index is 1.59. The molecule has 148 valence electrons. The number of piperazine rings is 1. The summed E-state index contributed by atoms with van der Waals surface area (Å²) in [5.41, 5.74) is 3.61. The molecule has 0 radical (unpaired) electrons. The lowest BCUT2D eigenvalue weighted by atomic mass is 10.1. The highest BCUT2D eigenvalue weighted by Gasteiger charge is 2.23. The van der Waals surface area contributed by atoms with E-state index < -0.39 is 0 Å². The largest absolute Gasteiger partial charge is 0.353 e. The molecule has 1 aromatic carbocycles. The average molecular weight is 381 g/mol.